The monoisotopic (exact) mass is 342 g/mol. The van der Waals surface area contributed by atoms with Crippen LogP contribution in [0.4, 0.5) is 4.39 Å². The van der Waals surface area contributed by atoms with Crippen molar-refractivity contribution in [1.82, 2.24) is 9.55 Å². The van der Waals surface area contributed by atoms with Crippen LogP contribution in [0, 0.1) is 12.7 Å². The van der Waals surface area contributed by atoms with Gasteiger partial charge in [-0.3, -0.25) is 0 Å². The summed E-state index contributed by atoms with van der Waals surface area (Å²) in [6, 6.07) is 13.4. The third-order valence-corrected chi connectivity index (χ3v) is 4.52. The van der Waals surface area contributed by atoms with Crippen molar-refractivity contribution in [2.75, 3.05) is 0 Å². The van der Waals surface area contributed by atoms with Crippen LogP contribution in [0.15, 0.2) is 48.7 Å². The van der Waals surface area contributed by atoms with E-state index in [4.69, 9.17) is 4.98 Å². The molecule has 0 atom stereocenters. The molecule has 24 heavy (non-hydrogen) atoms. The predicted octanol–water partition coefficient (Wildman–Crippen LogP) is 5.42. The van der Waals surface area contributed by atoms with Crippen LogP contribution < -0.4 is 0 Å². The van der Waals surface area contributed by atoms with Crippen molar-refractivity contribution < 1.29 is 4.39 Å². The molecule has 1 aromatic heterocycles. The zero-order valence-corrected chi connectivity index (χ0v) is 14.4. The minimum absolute atomic E-state index is 0. The van der Waals surface area contributed by atoms with E-state index in [-0.39, 0.29) is 18.2 Å². The largest absolute Gasteiger partial charge is 0.334 e. The Balaban J connectivity index is 0.00000169. The molecule has 2 aromatic carbocycles. The Labute approximate surface area is 147 Å². The first-order valence-electron chi connectivity index (χ1n) is 8.14. The second kappa shape index (κ2) is 6.78. The number of nitrogens with zero attached hydrogens (tertiary/aromatic N) is 2. The van der Waals surface area contributed by atoms with Gasteiger partial charge in [-0.15, -0.1) is 12.4 Å². The summed E-state index contributed by atoms with van der Waals surface area (Å²) in [4.78, 5) is 4.74. The molecule has 0 saturated carbocycles. The molecule has 2 nitrogen and oxygen atoms in total. The molecule has 4 heteroatoms. The molecule has 0 fully saturated rings. The van der Waals surface area contributed by atoms with Gasteiger partial charge in [-0.2, -0.15) is 0 Å². The average molecular weight is 343 g/mol. The summed E-state index contributed by atoms with van der Waals surface area (Å²) in [5.41, 5.74) is 4.58. The zero-order valence-electron chi connectivity index (χ0n) is 13.6. The van der Waals surface area contributed by atoms with Crippen molar-refractivity contribution >= 4 is 12.4 Å². The first-order chi connectivity index (χ1) is 11.2. The third kappa shape index (κ3) is 3.09. The maximum Gasteiger partial charge on any atom is 0.131 e. The van der Waals surface area contributed by atoms with Gasteiger partial charge in [-0.25, -0.2) is 9.37 Å². The standard InChI is InChI=1S/C20H19FN2.ClH/c1-14-5-10-17(18(21)12-14)15-6-8-16(9-7-15)19-13-23-11-3-2-4-20(23)22-19;/h5-10,12-13H,2-4,11H2,1H3;1H. The van der Waals surface area contributed by atoms with Gasteiger partial charge in [0.1, 0.15) is 11.6 Å². The Morgan fingerprint density at radius 1 is 1.00 bits per heavy atom. The fourth-order valence-corrected chi connectivity index (χ4v) is 3.23. The molecular formula is C20H20ClFN2. The highest BCUT2D eigenvalue weighted by molar-refractivity contribution is 5.85. The van der Waals surface area contributed by atoms with E-state index in [2.05, 4.69) is 10.8 Å². The van der Waals surface area contributed by atoms with E-state index >= 15 is 0 Å². The number of hydrogen-bond donors (Lipinski definition) is 0. The molecule has 0 spiro atoms. The second-order valence-corrected chi connectivity index (χ2v) is 6.25. The number of halogens is 2. The lowest BCUT2D eigenvalue weighted by Crippen LogP contribution is -2.08. The molecule has 0 aliphatic carbocycles. The first-order valence-corrected chi connectivity index (χ1v) is 8.14. The van der Waals surface area contributed by atoms with Gasteiger partial charge in [0, 0.05) is 30.3 Å². The molecule has 0 radical (unpaired) electrons. The predicted molar refractivity (Wildman–Crippen MR) is 98.0 cm³/mol. The van der Waals surface area contributed by atoms with Crippen LogP contribution in [-0.2, 0) is 13.0 Å². The summed E-state index contributed by atoms with van der Waals surface area (Å²) in [5, 5.41) is 0. The van der Waals surface area contributed by atoms with Crippen LogP contribution in [0.25, 0.3) is 22.4 Å². The van der Waals surface area contributed by atoms with Gasteiger partial charge in [0.2, 0.25) is 0 Å². The van der Waals surface area contributed by atoms with Gasteiger partial charge in [0.05, 0.1) is 5.69 Å². The van der Waals surface area contributed by atoms with Crippen LogP contribution in [0.5, 0.6) is 0 Å². The van der Waals surface area contributed by atoms with E-state index in [1.165, 1.54) is 18.7 Å². The van der Waals surface area contributed by atoms with E-state index in [1.54, 1.807) is 6.07 Å². The van der Waals surface area contributed by atoms with E-state index in [0.29, 0.717) is 5.56 Å². The highest BCUT2D eigenvalue weighted by Crippen LogP contribution is 2.27. The van der Waals surface area contributed by atoms with Gasteiger partial charge in [-0.05, 0) is 37.0 Å². The van der Waals surface area contributed by atoms with Crippen molar-refractivity contribution in [2.45, 2.75) is 32.7 Å². The summed E-state index contributed by atoms with van der Waals surface area (Å²) in [7, 11) is 0. The summed E-state index contributed by atoms with van der Waals surface area (Å²) in [6.07, 6.45) is 5.65. The first kappa shape index (κ1) is 16.7. The minimum Gasteiger partial charge on any atom is -0.334 e. The number of fused-ring (bicyclic) bond motifs is 1. The Hall–Kier alpha value is -2.13. The fourth-order valence-electron chi connectivity index (χ4n) is 3.23. The maximum absolute atomic E-state index is 14.1. The summed E-state index contributed by atoms with van der Waals surface area (Å²) >= 11 is 0. The number of aromatic nitrogens is 2. The van der Waals surface area contributed by atoms with E-state index in [9.17, 15) is 4.39 Å². The van der Waals surface area contributed by atoms with Crippen LogP contribution in [0.3, 0.4) is 0 Å². The number of aryl methyl sites for hydroxylation is 3. The number of benzene rings is 2. The van der Waals surface area contributed by atoms with Crippen molar-refractivity contribution in [3.8, 4) is 22.4 Å². The smallest absolute Gasteiger partial charge is 0.131 e. The molecule has 0 bridgehead atoms. The Kier molecular flexibility index (Phi) is 4.72. The second-order valence-electron chi connectivity index (χ2n) is 6.25. The van der Waals surface area contributed by atoms with Gasteiger partial charge in [0.25, 0.3) is 0 Å². The fraction of sp³-hybridized carbons (Fsp3) is 0.250. The van der Waals surface area contributed by atoms with Gasteiger partial charge in [0.15, 0.2) is 0 Å². The molecule has 0 unspecified atom stereocenters. The van der Waals surface area contributed by atoms with Crippen LogP contribution in [-0.4, -0.2) is 9.55 Å². The molecule has 1 aliphatic rings. The minimum atomic E-state index is -0.171. The number of imidazole rings is 1. The lowest BCUT2D eigenvalue weighted by atomic mass is 10.0. The van der Waals surface area contributed by atoms with E-state index in [1.807, 2.05) is 43.3 Å². The van der Waals surface area contributed by atoms with E-state index < -0.39 is 0 Å². The topological polar surface area (TPSA) is 17.8 Å². The molecule has 124 valence electrons. The lowest BCUT2D eigenvalue weighted by Gasteiger charge is -2.11. The molecule has 2 heterocycles. The van der Waals surface area contributed by atoms with Crippen molar-refractivity contribution in [1.29, 1.82) is 0 Å². The number of hydrogen-bond acceptors (Lipinski definition) is 1. The van der Waals surface area contributed by atoms with Crippen LogP contribution in [0.1, 0.15) is 24.2 Å². The molecular weight excluding hydrogens is 323 g/mol. The molecule has 1 aliphatic heterocycles. The Morgan fingerprint density at radius 2 is 1.75 bits per heavy atom. The highest BCUT2D eigenvalue weighted by atomic mass is 35.5. The summed E-state index contributed by atoms with van der Waals surface area (Å²) in [6.45, 7) is 2.96. The number of rotatable bonds is 2. The Morgan fingerprint density at radius 3 is 2.46 bits per heavy atom. The van der Waals surface area contributed by atoms with Crippen molar-refractivity contribution in [3.63, 3.8) is 0 Å². The lowest BCUT2D eigenvalue weighted by molar-refractivity contribution is 0.522. The SMILES string of the molecule is Cc1ccc(-c2ccc(-c3cn4c(n3)CCCC4)cc2)c(F)c1.Cl. The molecule has 0 saturated heterocycles. The van der Waals surface area contributed by atoms with Gasteiger partial charge < -0.3 is 4.57 Å². The quantitative estimate of drug-likeness (QED) is 0.607. The third-order valence-electron chi connectivity index (χ3n) is 4.52. The van der Waals surface area contributed by atoms with Crippen molar-refractivity contribution in [2.24, 2.45) is 0 Å². The molecule has 0 amide bonds. The molecule has 0 N–H and O–H groups in total. The molecule has 4 rings (SSSR count). The van der Waals surface area contributed by atoms with Crippen LogP contribution in [0.2, 0.25) is 0 Å². The van der Waals surface area contributed by atoms with Crippen molar-refractivity contribution in [3.05, 3.63) is 65.9 Å². The molecule has 3 aromatic rings. The summed E-state index contributed by atoms with van der Waals surface area (Å²) in [5.74, 6) is 1.01. The van der Waals surface area contributed by atoms with Gasteiger partial charge in [-0.1, -0.05) is 36.4 Å². The highest BCUT2D eigenvalue weighted by Gasteiger charge is 2.13. The zero-order chi connectivity index (χ0) is 15.8. The average Bonchev–Trinajstić information content (AvgIpc) is 2.99. The Bertz CT molecular complexity index is 829. The van der Waals surface area contributed by atoms with Gasteiger partial charge >= 0.3 is 0 Å². The van der Waals surface area contributed by atoms with Crippen LogP contribution >= 0.6 is 12.4 Å². The maximum atomic E-state index is 14.1. The van der Waals surface area contributed by atoms with E-state index in [0.717, 1.165) is 35.3 Å². The summed E-state index contributed by atoms with van der Waals surface area (Å²) < 4.78 is 16.4. The normalized spacial score (nSPS) is 13.2.